The number of rotatable bonds is 4. The van der Waals surface area contributed by atoms with Gasteiger partial charge in [0.25, 0.3) is 0 Å². The number of aryl methyl sites for hydroxylation is 1. The van der Waals surface area contributed by atoms with Crippen molar-refractivity contribution in [1.82, 2.24) is 19.9 Å². The largest absolute Gasteiger partial charge is 0.308 e. The summed E-state index contributed by atoms with van der Waals surface area (Å²) in [5, 5.41) is 6.88. The Morgan fingerprint density at radius 1 is 0.479 bits per heavy atom. The van der Waals surface area contributed by atoms with Crippen LogP contribution < -0.4 is 36.7 Å². The zero-order valence-electron chi connectivity index (χ0n) is 25.8. The van der Waals surface area contributed by atoms with E-state index in [0.29, 0.717) is 11.6 Å². The normalized spacial score (nSPS) is 18.8. The van der Waals surface area contributed by atoms with Gasteiger partial charge in [0.1, 0.15) is 0 Å². The van der Waals surface area contributed by atoms with Gasteiger partial charge in [-0.25, -0.2) is 19.9 Å². The van der Waals surface area contributed by atoms with Crippen molar-refractivity contribution in [3.8, 4) is 22.8 Å². The van der Waals surface area contributed by atoms with Crippen molar-refractivity contribution >= 4 is 84.6 Å². The Bertz CT molecular complexity index is 2310. The van der Waals surface area contributed by atoms with Crippen molar-refractivity contribution in [2.75, 3.05) is 4.90 Å². The minimum absolute atomic E-state index is 0.678. The van der Waals surface area contributed by atoms with Gasteiger partial charge in [-0.15, -0.1) is 0 Å². The maximum atomic E-state index is 7.06. The standard InChI is InChI=1S/C39H27N5P2S2/c1-26-22-35-37-36(23-26)46(48,30-12-6-3-7-13-30)34-25-28(39-42-20-9-21-43-39)15-17-32(34)44(37)31-16-14-27(38-40-18-8-19-41-38)24-33(31)45(35,47)29-10-4-2-5-11-29/h2-25H,1H3. The lowest BCUT2D eigenvalue weighted by Crippen LogP contribution is -2.46. The van der Waals surface area contributed by atoms with Crippen LogP contribution in [0.1, 0.15) is 5.56 Å². The van der Waals surface area contributed by atoms with Gasteiger partial charge in [-0.2, -0.15) is 0 Å². The van der Waals surface area contributed by atoms with E-state index in [1.165, 1.54) is 10.6 Å². The van der Waals surface area contributed by atoms with Crippen LogP contribution in [0.2, 0.25) is 0 Å². The molecule has 0 spiro atoms. The van der Waals surface area contributed by atoms with E-state index < -0.39 is 12.1 Å². The molecule has 2 aliphatic heterocycles. The van der Waals surface area contributed by atoms with E-state index in [-0.39, 0.29) is 0 Å². The minimum atomic E-state index is -2.59. The number of anilines is 3. The lowest BCUT2D eigenvalue weighted by molar-refractivity contribution is 1.17. The van der Waals surface area contributed by atoms with E-state index in [2.05, 4.69) is 141 Å². The molecule has 0 radical (unpaired) electrons. The zero-order valence-corrected chi connectivity index (χ0v) is 29.2. The number of benzene rings is 5. The van der Waals surface area contributed by atoms with Crippen molar-refractivity contribution < 1.29 is 0 Å². The fourth-order valence-corrected chi connectivity index (χ4v) is 15.8. The number of nitrogens with zero attached hydrogens (tertiary/aromatic N) is 5. The van der Waals surface area contributed by atoms with Crippen LogP contribution in [0.15, 0.2) is 146 Å². The molecule has 2 atom stereocenters. The highest BCUT2D eigenvalue weighted by Gasteiger charge is 2.46. The Morgan fingerprint density at radius 3 is 1.31 bits per heavy atom. The van der Waals surface area contributed by atoms with Crippen LogP contribution in [0.3, 0.4) is 0 Å². The predicted molar refractivity (Wildman–Crippen MR) is 207 cm³/mol. The SMILES string of the molecule is Cc1cc2c3c(c1)P(=S)(c1ccccc1)c1cc(-c4ncccn4)ccc1N3c1ccc(-c3ncccn3)cc1P2(=S)c1ccccc1. The molecule has 2 unspecified atom stereocenters. The van der Waals surface area contributed by atoms with Gasteiger partial charge in [0.2, 0.25) is 0 Å². The van der Waals surface area contributed by atoms with Gasteiger partial charge in [-0.3, -0.25) is 0 Å². The Balaban J connectivity index is 1.42. The van der Waals surface area contributed by atoms with Crippen LogP contribution in [-0.4, -0.2) is 19.9 Å². The van der Waals surface area contributed by atoms with E-state index in [1.54, 1.807) is 24.8 Å². The van der Waals surface area contributed by atoms with Crippen molar-refractivity contribution in [2.24, 2.45) is 0 Å². The van der Waals surface area contributed by atoms with Gasteiger partial charge in [0, 0.05) is 69.2 Å². The van der Waals surface area contributed by atoms with Crippen LogP contribution in [0.4, 0.5) is 17.1 Å². The first-order valence-corrected chi connectivity index (χ1v) is 21.2. The molecule has 7 aromatic rings. The minimum Gasteiger partial charge on any atom is -0.308 e. The summed E-state index contributed by atoms with van der Waals surface area (Å²) < 4.78 is 0. The van der Waals surface area contributed by atoms with Crippen molar-refractivity contribution in [2.45, 2.75) is 6.92 Å². The molecule has 0 amide bonds. The second-order valence-electron chi connectivity index (χ2n) is 11.9. The summed E-state index contributed by atoms with van der Waals surface area (Å²) >= 11 is 14.1. The highest BCUT2D eigenvalue weighted by atomic mass is 32.4. The first-order chi connectivity index (χ1) is 23.5. The van der Waals surface area contributed by atoms with Crippen LogP contribution in [0.25, 0.3) is 22.8 Å². The summed E-state index contributed by atoms with van der Waals surface area (Å²) in [6.07, 6.45) is 7.13. The van der Waals surface area contributed by atoms with Crippen LogP contribution >= 0.6 is 12.1 Å². The number of hydrogen-bond donors (Lipinski definition) is 0. The second-order valence-corrected chi connectivity index (χ2v) is 20.6. The summed E-state index contributed by atoms with van der Waals surface area (Å²) in [5.74, 6) is 1.36. The summed E-state index contributed by atoms with van der Waals surface area (Å²) in [6, 6.07) is 37.5. The van der Waals surface area contributed by atoms with Crippen molar-refractivity contribution in [3.63, 3.8) is 0 Å². The molecule has 0 bridgehead atoms. The molecule has 0 aliphatic carbocycles. The summed E-state index contributed by atoms with van der Waals surface area (Å²) in [5.41, 5.74) is 6.30. The van der Waals surface area contributed by atoms with E-state index in [9.17, 15) is 0 Å². The average Bonchev–Trinajstić information content (AvgIpc) is 3.15. The van der Waals surface area contributed by atoms with Crippen LogP contribution in [0.5, 0.6) is 0 Å². The molecule has 48 heavy (non-hydrogen) atoms. The fraction of sp³-hybridized carbons (Fsp3) is 0.0256. The van der Waals surface area contributed by atoms with Crippen molar-refractivity contribution in [1.29, 1.82) is 0 Å². The molecular formula is C39H27N5P2S2. The molecular weight excluding hydrogens is 665 g/mol. The molecule has 9 heteroatoms. The molecule has 9 rings (SSSR count). The van der Waals surface area contributed by atoms with E-state index in [4.69, 9.17) is 23.6 Å². The summed E-state index contributed by atoms with van der Waals surface area (Å²) in [7, 11) is 0. The third kappa shape index (κ3) is 4.29. The van der Waals surface area contributed by atoms with E-state index in [1.807, 2.05) is 12.1 Å². The monoisotopic (exact) mass is 691 g/mol. The number of fused-ring (bicyclic) bond motifs is 4. The van der Waals surface area contributed by atoms with Gasteiger partial charge in [-0.05, 0) is 83.8 Å². The molecule has 5 nitrogen and oxygen atoms in total. The predicted octanol–water partition coefficient (Wildman–Crippen LogP) is 6.52. The Hall–Kier alpha value is -4.64. The molecule has 5 aromatic carbocycles. The van der Waals surface area contributed by atoms with Gasteiger partial charge in [-0.1, -0.05) is 84.3 Å². The Morgan fingerprint density at radius 2 is 0.896 bits per heavy atom. The molecule has 0 N–H and O–H groups in total. The third-order valence-electron chi connectivity index (χ3n) is 9.11. The number of aromatic nitrogens is 4. The first-order valence-electron chi connectivity index (χ1n) is 15.6. The van der Waals surface area contributed by atoms with Gasteiger partial charge in [0.05, 0.1) is 17.1 Å². The molecule has 0 saturated carbocycles. The smallest absolute Gasteiger partial charge is 0.159 e. The van der Waals surface area contributed by atoms with E-state index in [0.717, 1.165) is 55.0 Å². The van der Waals surface area contributed by atoms with E-state index >= 15 is 0 Å². The maximum Gasteiger partial charge on any atom is 0.159 e. The number of hydrogen-bond acceptors (Lipinski definition) is 7. The second kappa shape index (κ2) is 11.2. The highest BCUT2D eigenvalue weighted by molar-refractivity contribution is 8.27. The van der Waals surface area contributed by atoms with Crippen LogP contribution in [0, 0.1) is 6.92 Å². The topological polar surface area (TPSA) is 54.8 Å². The fourth-order valence-electron chi connectivity index (χ4n) is 7.02. The zero-order chi connectivity index (χ0) is 32.5. The van der Waals surface area contributed by atoms with Gasteiger partial charge >= 0.3 is 0 Å². The molecule has 4 heterocycles. The molecule has 2 aromatic heterocycles. The quantitative estimate of drug-likeness (QED) is 0.195. The Labute approximate surface area is 289 Å². The van der Waals surface area contributed by atoms with Crippen LogP contribution in [-0.2, 0) is 23.6 Å². The Kier molecular flexibility index (Phi) is 6.90. The summed E-state index contributed by atoms with van der Waals surface area (Å²) in [4.78, 5) is 20.8. The van der Waals surface area contributed by atoms with Crippen molar-refractivity contribution in [3.05, 3.63) is 152 Å². The summed E-state index contributed by atoms with van der Waals surface area (Å²) in [6.45, 7) is 2.17. The lowest BCUT2D eigenvalue weighted by Gasteiger charge is -2.47. The first kappa shape index (κ1) is 29.5. The highest BCUT2D eigenvalue weighted by Crippen LogP contribution is 2.61. The molecule has 2 aliphatic rings. The lowest BCUT2D eigenvalue weighted by atomic mass is 10.1. The third-order valence-corrected chi connectivity index (χ3v) is 18.9. The average molecular weight is 692 g/mol. The van der Waals surface area contributed by atoms with Gasteiger partial charge in [0.15, 0.2) is 11.6 Å². The maximum absolute atomic E-state index is 7.06. The van der Waals surface area contributed by atoms with Gasteiger partial charge < -0.3 is 4.90 Å². The molecule has 230 valence electrons. The molecule has 0 saturated heterocycles. The molecule has 0 fully saturated rings.